The second-order valence-corrected chi connectivity index (χ2v) is 4.44. The van der Waals surface area contributed by atoms with Gasteiger partial charge in [0.15, 0.2) is 11.4 Å². The lowest BCUT2D eigenvalue weighted by Crippen LogP contribution is -2.21. The van der Waals surface area contributed by atoms with Crippen molar-refractivity contribution in [1.82, 2.24) is 10.3 Å². The van der Waals surface area contributed by atoms with Crippen LogP contribution in [0.3, 0.4) is 0 Å². The largest absolute Gasteiger partial charge is 0.487 e. The Bertz CT molecular complexity index is 405. The number of ether oxygens (including phenoxy) is 1. The van der Waals surface area contributed by atoms with E-state index in [4.69, 9.17) is 4.74 Å². The number of hydrogen-bond donors (Lipinski definition) is 1. The first-order valence-corrected chi connectivity index (χ1v) is 6.40. The molecular formula is C11H14N2O2S. The normalized spacial score (nSPS) is 14.6. The molecule has 1 heterocycles. The van der Waals surface area contributed by atoms with Crippen LogP contribution in [0.25, 0.3) is 0 Å². The molecule has 1 aliphatic carbocycles. The van der Waals surface area contributed by atoms with Crippen LogP contribution < -0.4 is 10.1 Å². The van der Waals surface area contributed by atoms with Crippen LogP contribution in [0.2, 0.25) is 0 Å². The zero-order valence-electron chi connectivity index (χ0n) is 9.32. The van der Waals surface area contributed by atoms with E-state index >= 15 is 0 Å². The van der Waals surface area contributed by atoms with Gasteiger partial charge in [-0.15, -0.1) is 11.8 Å². The summed E-state index contributed by atoms with van der Waals surface area (Å²) in [5.41, 5.74) is 0.376. The summed E-state index contributed by atoms with van der Waals surface area (Å²) >= 11 is 1.56. The average Bonchev–Trinajstić information content (AvgIpc) is 3.12. The average molecular weight is 238 g/mol. The van der Waals surface area contributed by atoms with E-state index < -0.39 is 0 Å². The van der Waals surface area contributed by atoms with Gasteiger partial charge in [0.2, 0.25) is 0 Å². The number of hydrogen-bond acceptors (Lipinski definition) is 4. The summed E-state index contributed by atoms with van der Waals surface area (Å²) in [6.07, 6.45) is 5.99. The molecule has 1 fully saturated rings. The second kappa shape index (κ2) is 4.74. The van der Waals surface area contributed by atoms with Crippen LogP contribution in [0, 0.1) is 0 Å². The molecule has 4 nitrogen and oxygen atoms in total. The Hall–Kier alpha value is -1.23. The van der Waals surface area contributed by atoms with Crippen LogP contribution >= 0.6 is 11.8 Å². The van der Waals surface area contributed by atoms with Crippen LogP contribution in [0.1, 0.15) is 23.3 Å². The van der Waals surface area contributed by atoms with Gasteiger partial charge >= 0.3 is 0 Å². The van der Waals surface area contributed by atoms with Crippen LogP contribution in [0.5, 0.6) is 5.75 Å². The molecule has 0 aliphatic heterocycles. The quantitative estimate of drug-likeness (QED) is 0.811. The number of aromatic nitrogens is 1. The fourth-order valence-electron chi connectivity index (χ4n) is 1.34. The third-order valence-electron chi connectivity index (χ3n) is 2.34. The van der Waals surface area contributed by atoms with Crippen LogP contribution in [-0.4, -0.2) is 30.3 Å². The maximum absolute atomic E-state index is 11.6. The number of thioether (sulfide) groups is 1. The molecule has 0 saturated heterocycles. The summed E-state index contributed by atoms with van der Waals surface area (Å²) in [6.45, 7) is 0. The van der Waals surface area contributed by atoms with Gasteiger partial charge in [0.05, 0.1) is 11.0 Å². The molecule has 0 atom stereocenters. The number of rotatable bonds is 4. The minimum atomic E-state index is -0.202. The first-order chi connectivity index (χ1) is 7.76. The highest BCUT2D eigenvalue weighted by Gasteiger charge is 2.27. The Labute approximate surface area is 98.8 Å². The zero-order chi connectivity index (χ0) is 11.5. The molecule has 0 bridgehead atoms. The Morgan fingerprint density at radius 2 is 2.38 bits per heavy atom. The first-order valence-electron chi connectivity index (χ1n) is 5.18. The highest BCUT2D eigenvalue weighted by atomic mass is 32.2. The van der Waals surface area contributed by atoms with Gasteiger partial charge in [-0.25, -0.2) is 4.98 Å². The molecule has 1 N–H and O–H groups in total. The molecule has 1 amide bonds. The summed E-state index contributed by atoms with van der Waals surface area (Å²) in [6, 6.07) is 1.87. The van der Waals surface area contributed by atoms with Crippen molar-refractivity contribution in [1.29, 1.82) is 0 Å². The molecule has 1 aromatic heterocycles. The van der Waals surface area contributed by atoms with E-state index in [1.54, 1.807) is 25.0 Å². The van der Waals surface area contributed by atoms with E-state index in [-0.39, 0.29) is 12.0 Å². The molecule has 86 valence electrons. The summed E-state index contributed by atoms with van der Waals surface area (Å²) in [7, 11) is 1.59. The molecule has 0 unspecified atom stereocenters. The number of nitrogens with zero attached hydrogens (tertiary/aromatic N) is 1. The molecule has 0 aromatic carbocycles. The van der Waals surface area contributed by atoms with Crippen molar-refractivity contribution in [3.63, 3.8) is 0 Å². The zero-order valence-corrected chi connectivity index (χ0v) is 10.1. The van der Waals surface area contributed by atoms with Crippen molar-refractivity contribution >= 4 is 17.7 Å². The van der Waals surface area contributed by atoms with Gasteiger partial charge in [0.25, 0.3) is 5.91 Å². The molecule has 1 aromatic rings. The summed E-state index contributed by atoms with van der Waals surface area (Å²) in [5, 5.41) is 2.58. The van der Waals surface area contributed by atoms with Gasteiger partial charge in [0.1, 0.15) is 0 Å². The Morgan fingerprint density at radius 1 is 1.62 bits per heavy atom. The smallest absolute Gasteiger partial charge is 0.273 e. The van der Waals surface area contributed by atoms with Crippen molar-refractivity contribution in [3.8, 4) is 5.75 Å². The third-order valence-corrected chi connectivity index (χ3v) is 3.10. The Morgan fingerprint density at radius 3 is 2.94 bits per heavy atom. The van der Waals surface area contributed by atoms with E-state index in [2.05, 4.69) is 10.3 Å². The van der Waals surface area contributed by atoms with E-state index in [1.165, 1.54) is 0 Å². The van der Waals surface area contributed by atoms with Crippen molar-refractivity contribution in [2.75, 3.05) is 13.3 Å². The van der Waals surface area contributed by atoms with Gasteiger partial charge < -0.3 is 10.1 Å². The van der Waals surface area contributed by atoms with Crippen molar-refractivity contribution in [2.45, 2.75) is 23.8 Å². The Kier molecular flexibility index (Phi) is 3.33. The molecule has 2 rings (SSSR count). The lowest BCUT2D eigenvalue weighted by molar-refractivity contribution is 0.0952. The number of carbonyl (C=O) groups excluding carboxylic acids is 1. The molecule has 1 saturated carbocycles. The van der Waals surface area contributed by atoms with E-state index in [1.807, 2.05) is 12.3 Å². The van der Waals surface area contributed by atoms with Crippen molar-refractivity contribution in [3.05, 3.63) is 18.0 Å². The SMILES string of the molecule is CNC(=O)c1nccc(SC)c1OC1CC1. The van der Waals surface area contributed by atoms with Crippen LogP contribution in [0.4, 0.5) is 0 Å². The van der Waals surface area contributed by atoms with Crippen LogP contribution in [-0.2, 0) is 0 Å². The highest BCUT2D eigenvalue weighted by Crippen LogP contribution is 2.35. The minimum Gasteiger partial charge on any atom is -0.487 e. The predicted octanol–water partition coefficient (Wildman–Crippen LogP) is 1.70. The van der Waals surface area contributed by atoms with Crippen molar-refractivity contribution in [2.24, 2.45) is 0 Å². The van der Waals surface area contributed by atoms with Crippen LogP contribution in [0.15, 0.2) is 17.2 Å². The molecule has 1 aliphatic rings. The minimum absolute atomic E-state index is 0.202. The van der Waals surface area contributed by atoms with E-state index in [0.717, 1.165) is 17.7 Å². The van der Waals surface area contributed by atoms with Gasteiger partial charge in [-0.2, -0.15) is 0 Å². The molecule has 0 spiro atoms. The highest BCUT2D eigenvalue weighted by molar-refractivity contribution is 7.98. The molecule has 5 heteroatoms. The van der Waals surface area contributed by atoms with Gasteiger partial charge in [-0.05, 0) is 25.2 Å². The summed E-state index contributed by atoms with van der Waals surface area (Å²) in [4.78, 5) is 16.7. The fourth-order valence-corrected chi connectivity index (χ4v) is 1.86. The molecule has 0 radical (unpaired) electrons. The maximum Gasteiger partial charge on any atom is 0.273 e. The molecule has 16 heavy (non-hydrogen) atoms. The standard InChI is InChI=1S/C11H14N2O2S/c1-12-11(14)9-10(15-7-3-4-7)8(16-2)5-6-13-9/h5-7H,3-4H2,1-2H3,(H,12,14). The van der Waals surface area contributed by atoms with E-state index in [9.17, 15) is 4.79 Å². The lowest BCUT2D eigenvalue weighted by atomic mass is 10.3. The fraction of sp³-hybridized carbons (Fsp3) is 0.455. The third kappa shape index (κ3) is 2.29. The lowest BCUT2D eigenvalue weighted by Gasteiger charge is -2.12. The van der Waals surface area contributed by atoms with Gasteiger partial charge in [-0.3, -0.25) is 4.79 Å². The predicted molar refractivity (Wildman–Crippen MR) is 63.1 cm³/mol. The topological polar surface area (TPSA) is 51.2 Å². The number of amides is 1. The van der Waals surface area contributed by atoms with Gasteiger partial charge in [0, 0.05) is 13.2 Å². The number of pyridine rings is 1. The molecular weight excluding hydrogens is 224 g/mol. The monoisotopic (exact) mass is 238 g/mol. The maximum atomic E-state index is 11.6. The van der Waals surface area contributed by atoms with Gasteiger partial charge in [-0.1, -0.05) is 0 Å². The van der Waals surface area contributed by atoms with Crippen molar-refractivity contribution < 1.29 is 9.53 Å². The summed E-state index contributed by atoms with van der Waals surface area (Å²) in [5.74, 6) is 0.420. The Balaban J connectivity index is 2.36. The summed E-state index contributed by atoms with van der Waals surface area (Å²) < 4.78 is 5.76. The first kappa shape index (κ1) is 11.3. The van der Waals surface area contributed by atoms with E-state index in [0.29, 0.717) is 11.4 Å². The second-order valence-electron chi connectivity index (χ2n) is 3.59. The number of nitrogens with one attached hydrogen (secondary N) is 1. The number of carbonyl (C=O) groups is 1.